The molecule has 2 aliphatic heterocycles. The van der Waals surface area contributed by atoms with Crippen LogP contribution in [0.15, 0.2) is 34.6 Å². The summed E-state index contributed by atoms with van der Waals surface area (Å²) < 4.78 is 0. The molecule has 3 N–H and O–H groups in total. The second kappa shape index (κ2) is 9.26. The van der Waals surface area contributed by atoms with Crippen LogP contribution < -0.4 is 20.9 Å². The van der Waals surface area contributed by atoms with E-state index in [0.29, 0.717) is 13.0 Å². The monoisotopic (exact) mass is 412 g/mol. The van der Waals surface area contributed by atoms with Crippen molar-refractivity contribution in [1.82, 2.24) is 15.6 Å². The van der Waals surface area contributed by atoms with Crippen molar-refractivity contribution in [2.24, 2.45) is 4.99 Å². The summed E-state index contributed by atoms with van der Waals surface area (Å²) in [5.41, 5.74) is 3.21. The van der Waals surface area contributed by atoms with Gasteiger partial charge >= 0.3 is 0 Å². The standard InChI is InChI=1S/C21H28N6OS/c1-22-20(23-9-8-16-14-29-21(25-16)27-10-4-5-11-27)24-13-15-12-19(28)26-18-7-3-2-6-17(15)18/h2-3,6-7,14-15H,4-5,8-13H2,1H3,(H,26,28)(H2,22,23,24). The lowest BCUT2D eigenvalue weighted by molar-refractivity contribution is -0.116. The number of thiazole rings is 1. The van der Waals surface area contributed by atoms with Crippen molar-refractivity contribution in [2.75, 3.05) is 43.4 Å². The number of nitrogens with one attached hydrogen (secondary N) is 3. The van der Waals surface area contributed by atoms with Crippen molar-refractivity contribution in [3.8, 4) is 0 Å². The third-order valence-corrected chi connectivity index (χ3v) is 6.39. The first kappa shape index (κ1) is 19.7. The van der Waals surface area contributed by atoms with Crippen molar-refractivity contribution >= 4 is 34.0 Å². The summed E-state index contributed by atoms with van der Waals surface area (Å²) in [6, 6.07) is 8.00. The summed E-state index contributed by atoms with van der Waals surface area (Å²) in [5.74, 6) is 0.958. The number of hydrogen-bond acceptors (Lipinski definition) is 5. The van der Waals surface area contributed by atoms with E-state index in [1.165, 1.54) is 18.4 Å². The van der Waals surface area contributed by atoms with Crippen molar-refractivity contribution in [1.29, 1.82) is 0 Å². The first-order valence-corrected chi connectivity index (χ1v) is 11.1. The van der Waals surface area contributed by atoms with Crippen LogP contribution in [0.25, 0.3) is 0 Å². The van der Waals surface area contributed by atoms with Crippen LogP contribution >= 0.6 is 11.3 Å². The number of carbonyl (C=O) groups is 1. The van der Waals surface area contributed by atoms with Crippen molar-refractivity contribution < 1.29 is 4.79 Å². The second-order valence-electron chi connectivity index (χ2n) is 7.48. The summed E-state index contributed by atoms with van der Waals surface area (Å²) in [7, 11) is 1.77. The SMILES string of the molecule is CN=C(NCCc1csc(N2CCCC2)n1)NCC1CC(=O)Nc2ccccc21. The van der Waals surface area contributed by atoms with Crippen molar-refractivity contribution in [3.63, 3.8) is 0 Å². The molecule has 1 atom stereocenters. The number of para-hydroxylation sites is 1. The molecule has 1 aromatic heterocycles. The zero-order valence-electron chi connectivity index (χ0n) is 16.8. The highest BCUT2D eigenvalue weighted by Gasteiger charge is 2.24. The first-order valence-electron chi connectivity index (χ1n) is 10.3. The zero-order valence-corrected chi connectivity index (χ0v) is 17.6. The molecule has 0 aliphatic carbocycles. The Labute approximate surface area is 175 Å². The number of guanidine groups is 1. The lowest BCUT2D eigenvalue weighted by Gasteiger charge is -2.26. The Balaban J connectivity index is 1.26. The van der Waals surface area contributed by atoms with Gasteiger partial charge in [-0.1, -0.05) is 18.2 Å². The van der Waals surface area contributed by atoms with E-state index in [2.05, 4.69) is 37.3 Å². The Bertz CT molecular complexity index is 874. The van der Waals surface area contributed by atoms with Crippen LogP contribution in [0.2, 0.25) is 0 Å². The van der Waals surface area contributed by atoms with Gasteiger partial charge in [0, 0.05) is 63.1 Å². The molecule has 2 aromatic rings. The van der Waals surface area contributed by atoms with Gasteiger partial charge in [0.2, 0.25) is 5.91 Å². The van der Waals surface area contributed by atoms with Gasteiger partial charge in [0.15, 0.2) is 11.1 Å². The van der Waals surface area contributed by atoms with E-state index in [0.717, 1.165) is 48.5 Å². The maximum Gasteiger partial charge on any atom is 0.225 e. The van der Waals surface area contributed by atoms with E-state index in [4.69, 9.17) is 4.98 Å². The number of benzene rings is 1. The minimum absolute atomic E-state index is 0.0655. The Kier molecular flexibility index (Phi) is 6.29. The molecule has 7 nitrogen and oxygen atoms in total. The quantitative estimate of drug-likeness (QED) is 0.502. The van der Waals surface area contributed by atoms with Crippen LogP contribution in [0.4, 0.5) is 10.8 Å². The van der Waals surface area contributed by atoms with Gasteiger partial charge in [0.1, 0.15) is 0 Å². The van der Waals surface area contributed by atoms with Crippen LogP contribution in [0.1, 0.15) is 36.4 Å². The van der Waals surface area contributed by atoms with Crippen molar-refractivity contribution in [3.05, 3.63) is 40.9 Å². The lowest BCUT2D eigenvalue weighted by Crippen LogP contribution is -2.41. The number of fused-ring (bicyclic) bond motifs is 1. The number of rotatable bonds is 6. The summed E-state index contributed by atoms with van der Waals surface area (Å²) in [6.07, 6.45) is 3.88. The van der Waals surface area contributed by atoms with Gasteiger partial charge in [-0.2, -0.15) is 0 Å². The molecule has 1 aromatic carbocycles. The highest BCUT2D eigenvalue weighted by molar-refractivity contribution is 7.13. The Hall–Kier alpha value is -2.61. The molecule has 1 saturated heterocycles. The smallest absolute Gasteiger partial charge is 0.225 e. The van der Waals surface area contributed by atoms with E-state index < -0.39 is 0 Å². The molecular formula is C21H28N6OS. The molecular weight excluding hydrogens is 384 g/mol. The molecule has 2 aliphatic rings. The van der Waals surface area contributed by atoms with E-state index >= 15 is 0 Å². The average molecular weight is 413 g/mol. The number of amides is 1. The molecule has 1 fully saturated rings. The topological polar surface area (TPSA) is 81.7 Å². The van der Waals surface area contributed by atoms with Gasteiger partial charge in [-0.3, -0.25) is 9.79 Å². The predicted molar refractivity (Wildman–Crippen MR) is 119 cm³/mol. The first-order chi connectivity index (χ1) is 14.2. The fraction of sp³-hybridized carbons (Fsp3) is 0.476. The predicted octanol–water partition coefficient (Wildman–Crippen LogP) is 2.58. The zero-order chi connectivity index (χ0) is 20.1. The molecule has 8 heteroatoms. The second-order valence-corrected chi connectivity index (χ2v) is 8.32. The van der Waals surface area contributed by atoms with Crippen LogP contribution in [0.3, 0.4) is 0 Å². The summed E-state index contributed by atoms with van der Waals surface area (Å²) in [6.45, 7) is 3.69. The molecule has 1 amide bonds. The van der Waals surface area contributed by atoms with Crippen LogP contribution in [-0.4, -0.2) is 50.1 Å². The van der Waals surface area contributed by atoms with Crippen LogP contribution in [0.5, 0.6) is 0 Å². The fourth-order valence-electron chi connectivity index (χ4n) is 3.90. The molecule has 0 radical (unpaired) electrons. The van der Waals surface area contributed by atoms with Gasteiger partial charge in [-0.05, 0) is 24.5 Å². The number of anilines is 2. The highest BCUT2D eigenvalue weighted by Crippen LogP contribution is 2.31. The van der Waals surface area contributed by atoms with Gasteiger partial charge in [-0.15, -0.1) is 11.3 Å². The number of aromatic nitrogens is 1. The normalized spacial score (nSPS) is 19.1. The molecule has 3 heterocycles. The third kappa shape index (κ3) is 4.87. The molecule has 29 heavy (non-hydrogen) atoms. The van der Waals surface area contributed by atoms with Crippen LogP contribution in [0, 0.1) is 0 Å². The maximum absolute atomic E-state index is 12.0. The Morgan fingerprint density at radius 2 is 2.14 bits per heavy atom. The number of hydrogen-bond donors (Lipinski definition) is 3. The largest absolute Gasteiger partial charge is 0.356 e. The Morgan fingerprint density at radius 3 is 2.97 bits per heavy atom. The van der Waals surface area contributed by atoms with Gasteiger partial charge in [-0.25, -0.2) is 4.98 Å². The molecule has 0 bridgehead atoms. The Morgan fingerprint density at radius 1 is 1.31 bits per heavy atom. The minimum Gasteiger partial charge on any atom is -0.356 e. The molecule has 0 saturated carbocycles. The molecule has 4 rings (SSSR count). The molecule has 154 valence electrons. The third-order valence-electron chi connectivity index (χ3n) is 5.44. The summed E-state index contributed by atoms with van der Waals surface area (Å²) in [4.78, 5) is 23.4. The summed E-state index contributed by atoms with van der Waals surface area (Å²) in [5, 5.41) is 13.0. The maximum atomic E-state index is 12.0. The van der Waals surface area contributed by atoms with E-state index in [1.807, 2.05) is 18.2 Å². The van der Waals surface area contributed by atoms with Crippen molar-refractivity contribution in [2.45, 2.75) is 31.6 Å². The van der Waals surface area contributed by atoms with Gasteiger partial charge in [0.05, 0.1) is 5.69 Å². The lowest BCUT2D eigenvalue weighted by atomic mass is 9.90. The fourth-order valence-corrected chi connectivity index (χ4v) is 4.81. The average Bonchev–Trinajstić information content (AvgIpc) is 3.42. The van der Waals surface area contributed by atoms with Gasteiger partial charge < -0.3 is 20.9 Å². The van der Waals surface area contributed by atoms with E-state index in [1.54, 1.807) is 18.4 Å². The van der Waals surface area contributed by atoms with E-state index in [-0.39, 0.29) is 11.8 Å². The van der Waals surface area contributed by atoms with E-state index in [9.17, 15) is 4.79 Å². The number of aliphatic imine (C=N–C) groups is 1. The number of nitrogens with zero attached hydrogens (tertiary/aromatic N) is 3. The molecule has 1 unspecified atom stereocenters. The number of carbonyl (C=O) groups excluding carboxylic acids is 1. The molecule has 0 spiro atoms. The van der Waals surface area contributed by atoms with Gasteiger partial charge in [0.25, 0.3) is 0 Å². The van der Waals surface area contributed by atoms with Crippen LogP contribution in [-0.2, 0) is 11.2 Å². The summed E-state index contributed by atoms with van der Waals surface area (Å²) >= 11 is 1.74. The minimum atomic E-state index is 0.0655. The highest BCUT2D eigenvalue weighted by atomic mass is 32.1.